The van der Waals surface area contributed by atoms with Crippen LogP contribution in [-0.2, 0) is 6.42 Å². The van der Waals surface area contributed by atoms with E-state index in [1.165, 1.54) is 19.3 Å². The number of hydrogen-bond donors (Lipinski definition) is 1. The summed E-state index contributed by atoms with van der Waals surface area (Å²) < 4.78 is 5.21. The molecule has 0 aromatic carbocycles. The summed E-state index contributed by atoms with van der Waals surface area (Å²) in [6, 6.07) is 0. The summed E-state index contributed by atoms with van der Waals surface area (Å²) in [5.74, 6) is 1.99. The van der Waals surface area contributed by atoms with Gasteiger partial charge < -0.3 is 9.63 Å². The summed E-state index contributed by atoms with van der Waals surface area (Å²) in [5.41, 5.74) is -0.592. The van der Waals surface area contributed by atoms with E-state index in [0.717, 1.165) is 31.5 Å². The van der Waals surface area contributed by atoms with Gasteiger partial charge in [0.1, 0.15) is 0 Å². The van der Waals surface area contributed by atoms with Gasteiger partial charge in [0.05, 0.1) is 12.0 Å². The molecule has 4 nitrogen and oxygen atoms in total. The summed E-state index contributed by atoms with van der Waals surface area (Å²) in [5, 5.41) is 14.3. The predicted octanol–water partition coefficient (Wildman–Crippen LogP) is 2.18. The molecule has 0 saturated heterocycles. The molecule has 0 radical (unpaired) electrons. The average molecular weight is 222 g/mol. The van der Waals surface area contributed by atoms with Gasteiger partial charge in [-0.1, -0.05) is 24.4 Å². The van der Waals surface area contributed by atoms with Crippen molar-refractivity contribution in [2.45, 2.75) is 62.9 Å². The van der Waals surface area contributed by atoms with Crippen molar-refractivity contribution in [3.8, 4) is 0 Å². The van der Waals surface area contributed by atoms with Gasteiger partial charge in [-0.05, 0) is 25.7 Å². The molecule has 1 N–H and O–H groups in total. The zero-order valence-electron chi connectivity index (χ0n) is 9.48. The van der Waals surface area contributed by atoms with Gasteiger partial charge in [-0.25, -0.2) is 0 Å². The third-order valence-electron chi connectivity index (χ3n) is 3.69. The molecule has 1 aromatic rings. The van der Waals surface area contributed by atoms with Crippen LogP contribution in [0.25, 0.3) is 0 Å². The molecule has 0 spiro atoms. The van der Waals surface area contributed by atoms with Crippen LogP contribution in [0.1, 0.15) is 62.6 Å². The van der Waals surface area contributed by atoms with Crippen molar-refractivity contribution in [3.05, 3.63) is 11.7 Å². The molecule has 0 atom stereocenters. The van der Waals surface area contributed by atoms with Gasteiger partial charge in [0.2, 0.25) is 5.89 Å². The second-order valence-electron chi connectivity index (χ2n) is 5.28. The van der Waals surface area contributed by atoms with E-state index in [1.54, 1.807) is 0 Å². The summed E-state index contributed by atoms with van der Waals surface area (Å²) in [6.07, 6.45) is 8.10. The fraction of sp³-hybridized carbons (Fsp3) is 0.833. The van der Waals surface area contributed by atoms with E-state index in [4.69, 9.17) is 4.52 Å². The molecular formula is C12H18N2O2. The standard InChI is InChI=1S/C12H18N2O2/c15-12(6-2-1-3-7-12)8-10-13-11(14-16-10)9-4-5-9/h9,15H,1-8H2. The Labute approximate surface area is 95.0 Å². The highest BCUT2D eigenvalue weighted by Gasteiger charge is 2.33. The van der Waals surface area contributed by atoms with Crippen molar-refractivity contribution in [1.29, 1.82) is 0 Å². The molecule has 3 rings (SSSR count). The summed E-state index contributed by atoms with van der Waals surface area (Å²) in [7, 11) is 0. The van der Waals surface area contributed by atoms with E-state index >= 15 is 0 Å². The quantitative estimate of drug-likeness (QED) is 0.851. The van der Waals surface area contributed by atoms with Crippen molar-refractivity contribution in [3.63, 3.8) is 0 Å². The Bertz CT molecular complexity index is 365. The van der Waals surface area contributed by atoms with E-state index in [0.29, 0.717) is 18.2 Å². The molecule has 2 aliphatic carbocycles. The topological polar surface area (TPSA) is 59.2 Å². The first-order valence-corrected chi connectivity index (χ1v) is 6.30. The van der Waals surface area contributed by atoms with Gasteiger partial charge in [0.25, 0.3) is 0 Å². The van der Waals surface area contributed by atoms with Crippen molar-refractivity contribution in [2.75, 3.05) is 0 Å². The van der Waals surface area contributed by atoms with E-state index in [2.05, 4.69) is 10.1 Å². The monoisotopic (exact) mass is 222 g/mol. The van der Waals surface area contributed by atoms with E-state index in [1.807, 2.05) is 0 Å². The highest BCUT2D eigenvalue weighted by Crippen LogP contribution is 2.38. The highest BCUT2D eigenvalue weighted by molar-refractivity contribution is 5.04. The number of aromatic nitrogens is 2. The van der Waals surface area contributed by atoms with E-state index in [9.17, 15) is 5.11 Å². The molecule has 2 fully saturated rings. The van der Waals surface area contributed by atoms with Gasteiger partial charge in [0.15, 0.2) is 5.82 Å². The molecule has 0 aliphatic heterocycles. The van der Waals surface area contributed by atoms with Crippen molar-refractivity contribution in [2.24, 2.45) is 0 Å². The Hall–Kier alpha value is -0.900. The second kappa shape index (κ2) is 3.84. The van der Waals surface area contributed by atoms with Crippen LogP contribution in [0.15, 0.2) is 4.52 Å². The molecule has 0 unspecified atom stereocenters. The fourth-order valence-corrected chi connectivity index (χ4v) is 2.52. The SMILES string of the molecule is OC1(Cc2nc(C3CC3)no2)CCCCC1. The fourth-order valence-electron chi connectivity index (χ4n) is 2.52. The molecule has 2 aliphatic rings. The number of rotatable bonds is 3. The maximum absolute atomic E-state index is 10.4. The van der Waals surface area contributed by atoms with Gasteiger partial charge >= 0.3 is 0 Å². The van der Waals surface area contributed by atoms with E-state index in [-0.39, 0.29) is 0 Å². The second-order valence-corrected chi connectivity index (χ2v) is 5.28. The first-order chi connectivity index (χ1) is 7.75. The molecule has 1 heterocycles. The van der Waals surface area contributed by atoms with Gasteiger partial charge in [-0.3, -0.25) is 0 Å². The van der Waals surface area contributed by atoms with Crippen LogP contribution in [0.4, 0.5) is 0 Å². The Morgan fingerprint density at radius 3 is 2.69 bits per heavy atom. The zero-order valence-corrected chi connectivity index (χ0v) is 9.48. The molecule has 0 bridgehead atoms. The Balaban J connectivity index is 1.67. The first-order valence-electron chi connectivity index (χ1n) is 6.30. The highest BCUT2D eigenvalue weighted by atomic mass is 16.5. The molecule has 16 heavy (non-hydrogen) atoms. The minimum Gasteiger partial charge on any atom is -0.389 e. The Morgan fingerprint density at radius 1 is 1.25 bits per heavy atom. The van der Waals surface area contributed by atoms with Crippen LogP contribution in [0.2, 0.25) is 0 Å². The van der Waals surface area contributed by atoms with Gasteiger partial charge in [-0.2, -0.15) is 4.98 Å². The van der Waals surface area contributed by atoms with Crippen LogP contribution >= 0.6 is 0 Å². The van der Waals surface area contributed by atoms with Crippen molar-refractivity contribution in [1.82, 2.24) is 10.1 Å². The summed E-state index contributed by atoms with van der Waals surface area (Å²) in [6.45, 7) is 0. The molecule has 2 saturated carbocycles. The summed E-state index contributed by atoms with van der Waals surface area (Å²) >= 11 is 0. The van der Waals surface area contributed by atoms with Crippen LogP contribution < -0.4 is 0 Å². The number of nitrogens with zero attached hydrogens (tertiary/aromatic N) is 2. The predicted molar refractivity (Wildman–Crippen MR) is 58.0 cm³/mol. The zero-order chi connectivity index (χ0) is 11.0. The van der Waals surface area contributed by atoms with Crippen LogP contribution in [0.3, 0.4) is 0 Å². The Kier molecular flexibility index (Phi) is 2.46. The number of aliphatic hydroxyl groups is 1. The minimum absolute atomic E-state index is 0.526. The maximum Gasteiger partial charge on any atom is 0.229 e. The largest absolute Gasteiger partial charge is 0.389 e. The van der Waals surface area contributed by atoms with Crippen LogP contribution in [0.5, 0.6) is 0 Å². The molecule has 88 valence electrons. The lowest BCUT2D eigenvalue weighted by Gasteiger charge is -2.30. The normalized spacial score (nSPS) is 24.6. The minimum atomic E-state index is -0.592. The molecule has 1 aromatic heterocycles. The Morgan fingerprint density at radius 2 is 2.00 bits per heavy atom. The van der Waals surface area contributed by atoms with Gasteiger partial charge in [0, 0.05) is 5.92 Å². The average Bonchev–Trinajstić information content (AvgIpc) is 3.02. The first kappa shape index (κ1) is 10.3. The van der Waals surface area contributed by atoms with Crippen LogP contribution in [0, 0.1) is 0 Å². The lowest BCUT2D eigenvalue weighted by Crippen LogP contribution is -2.33. The van der Waals surface area contributed by atoms with Crippen LogP contribution in [-0.4, -0.2) is 20.8 Å². The third-order valence-corrected chi connectivity index (χ3v) is 3.69. The molecular weight excluding hydrogens is 204 g/mol. The maximum atomic E-state index is 10.4. The van der Waals surface area contributed by atoms with Crippen molar-refractivity contribution < 1.29 is 9.63 Å². The lowest BCUT2D eigenvalue weighted by molar-refractivity contribution is -0.00181. The smallest absolute Gasteiger partial charge is 0.229 e. The lowest BCUT2D eigenvalue weighted by atomic mass is 9.82. The summed E-state index contributed by atoms with van der Waals surface area (Å²) in [4.78, 5) is 4.37. The van der Waals surface area contributed by atoms with Crippen molar-refractivity contribution >= 4 is 0 Å². The number of hydrogen-bond acceptors (Lipinski definition) is 4. The van der Waals surface area contributed by atoms with E-state index < -0.39 is 5.60 Å². The third kappa shape index (κ3) is 2.12. The van der Waals surface area contributed by atoms with Gasteiger partial charge in [-0.15, -0.1) is 0 Å². The molecule has 0 amide bonds. The molecule has 4 heteroatoms.